The van der Waals surface area contributed by atoms with Crippen molar-refractivity contribution in [2.24, 2.45) is 4.99 Å². The first-order chi connectivity index (χ1) is 15.7. The standard InChI is InChI=1S/C24H28N6O2/c1-31-21-7-6-16(11-22(21)32-2)23-18(13-27-29-23)15-30-10-8-19-17(14-30)12-26-24(28-19)20-5-3-4-9-25-20/h6-7,11-13H,3-5,8-10,14-15H2,1-2H3,(H,27,29). The highest BCUT2D eigenvalue weighted by Crippen LogP contribution is 2.33. The molecule has 0 amide bonds. The minimum Gasteiger partial charge on any atom is -0.493 e. The zero-order chi connectivity index (χ0) is 21.9. The van der Waals surface area contributed by atoms with Crippen LogP contribution in [0.2, 0.25) is 0 Å². The highest BCUT2D eigenvalue weighted by molar-refractivity contribution is 5.97. The number of rotatable bonds is 6. The van der Waals surface area contributed by atoms with Crippen molar-refractivity contribution in [2.75, 3.05) is 27.3 Å². The van der Waals surface area contributed by atoms with E-state index in [1.165, 1.54) is 18.4 Å². The number of aliphatic imine (C=N–C) groups is 1. The van der Waals surface area contributed by atoms with Crippen LogP contribution in [-0.2, 0) is 19.5 Å². The lowest BCUT2D eigenvalue weighted by Gasteiger charge is -2.28. The van der Waals surface area contributed by atoms with Crippen LogP contribution in [0.15, 0.2) is 35.6 Å². The molecule has 0 fully saturated rings. The van der Waals surface area contributed by atoms with Gasteiger partial charge in [-0.1, -0.05) is 0 Å². The number of hydrogen-bond donors (Lipinski definition) is 1. The first kappa shape index (κ1) is 20.6. The van der Waals surface area contributed by atoms with Gasteiger partial charge in [0.25, 0.3) is 0 Å². The third kappa shape index (κ3) is 4.10. The summed E-state index contributed by atoms with van der Waals surface area (Å²) in [4.78, 5) is 16.5. The third-order valence-electron chi connectivity index (χ3n) is 6.18. The van der Waals surface area contributed by atoms with Crippen LogP contribution in [0.3, 0.4) is 0 Å². The van der Waals surface area contributed by atoms with Gasteiger partial charge in [-0.15, -0.1) is 0 Å². The maximum Gasteiger partial charge on any atom is 0.173 e. The van der Waals surface area contributed by atoms with Crippen molar-refractivity contribution in [3.63, 3.8) is 0 Å². The van der Waals surface area contributed by atoms with Crippen LogP contribution < -0.4 is 9.47 Å². The number of nitrogens with one attached hydrogen (secondary N) is 1. The molecule has 5 rings (SSSR count). The molecule has 4 heterocycles. The van der Waals surface area contributed by atoms with Crippen LogP contribution in [0, 0.1) is 0 Å². The van der Waals surface area contributed by atoms with Crippen LogP contribution in [0.1, 0.15) is 41.9 Å². The molecule has 2 aliphatic rings. The van der Waals surface area contributed by atoms with Crippen LogP contribution in [0.25, 0.3) is 11.3 Å². The number of methoxy groups -OCH3 is 2. The summed E-state index contributed by atoms with van der Waals surface area (Å²) < 4.78 is 10.8. The number of ether oxygens (including phenoxy) is 2. The average molecular weight is 433 g/mol. The average Bonchev–Trinajstić information content (AvgIpc) is 3.31. The minimum atomic E-state index is 0.702. The van der Waals surface area contributed by atoms with E-state index in [2.05, 4.69) is 25.1 Å². The molecule has 0 radical (unpaired) electrons. The van der Waals surface area contributed by atoms with E-state index in [1.807, 2.05) is 30.6 Å². The van der Waals surface area contributed by atoms with E-state index in [4.69, 9.17) is 14.5 Å². The lowest BCUT2D eigenvalue weighted by Crippen LogP contribution is -2.31. The molecule has 3 aromatic rings. The minimum absolute atomic E-state index is 0.702. The second-order valence-electron chi connectivity index (χ2n) is 8.25. The van der Waals surface area contributed by atoms with Crippen molar-refractivity contribution in [1.82, 2.24) is 25.1 Å². The molecule has 2 aromatic heterocycles. The summed E-state index contributed by atoms with van der Waals surface area (Å²) in [6, 6.07) is 5.92. The molecule has 166 valence electrons. The summed E-state index contributed by atoms with van der Waals surface area (Å²) in [6.07, 6.45) is 8.16. The number of fused-ring (bicyclic) bond motifs is 1. The van der Waals surface area contributed by atoms with E-state index in [-0.39, 0.29) is 0 Å². The van der Waals surface area contributed by atoms with Crippen molar-refractivity contribution in [3.8, 4) is 22.8 Å². The van der Waals surface area contributed by atoms with Crippen LogP contribution in [0.4, 0.5) is 0 Å². The van der Waals surface area contributed by atoms with Gasteiger partial charge in [-0.05, 0) is 37.5 Å². The normalized spacial score (nSPS) is 16.4. The van der Waals surface area contributed by atoms with E-state index in [0.717, 1.165) is 73.1 Å². The molecule has 2 aliphatic heterocycles. The first-order valence-corrected chi connectivity index (χ1v) is 11.1. The van der Waals surface area contributed by atoms with Crippen molar-refractivity contribution < 1.29 is 9.47 Å². The number of nitrogens with zero attached hydrogens (tertiary/aromatic N) is 5. The second kappa shape index (κ2) is 9.08. The first-order valence-electron chi connectivity index (χ1n) is 11.1. The quantitative estimate of drug-likeness (QED) is 0.642. The van der Waals surface area contributed by atoms with Gasteiger partial charge < -0.3 is 9.47 Å². The maximum absolute atomic E-state index is 5.47. The zero-order valence-electron chi connectivity index (χ0n) is 18.6. The molecule has 0 atom stereocenters. The summed E-state index contributed by atoms with van der Waals surface area (Å²) in [5.74, 6) is 2.24. The molecule has 0 unspecified atom stereocenters. The molecule has 0 saturated carbocycles. The van der Waals surface area contributed by atoms with E-state index in [1.54, 1.807) is 14.2 Å². The molecule has 32 heavy (non-hydrogen) atoms. The Labute approximate surface area is 187 Å². The van der Waals surface area contributed by atoms with Gasteiger partial charge in [0.2, 0.25) is 0 Å². The Morgan fingerprint density at radius 3 is 2.78 bits per heavy atom. The summed E-state index contributed by atoms with van der Waals surface area (Å²) in [7, 11) is 3.29. The molecule has 1 N–H and O–H groups in total. The van der Waals surface area contributed by atoms with Gasteiger partial charge in [0.1, 0.15) is 0 Å². The summed E-state index contributed by atoms with van der Waals surface area (Å²) in [5.41, 5.74) is 6.60. The summed E-state index contributed by atoms with van der Waals surface area (Å²) in [6.45, 7) is 3.48. The maximum atomic E-state index is 5.47. The zero-order valence-corrected chi connectivity index (χ0v) is 18.6. The Morgan fingerprint density at radius 2 is 1.97 bits per heavy atom. The monoisotopic (exact) mass is 432 g/mol. The highest BCUT2D eigenvalue weighted by Gasteiger charge is 2.22. The molecule has 8 nitrogen and oxygen atoms in total. The number of benzene rings is 1. The Kier molecular flexibility index (Phi) is 5.85. The molecule has 8 heteroatoms. The second-order valence-corrected chi connectivity index (χ2v) is 8.25. The fourth-order valence-corrected chi connectivity index (χ4v) is 4.44. The number of aromatic amines is 1. The van der Waals surface area contributed by atoms with Gasteiger partial charge in [0.15, 0.2) is 17.3 Å². The Bertz CT molecular complexity index is 1140. The van der Waals surface area contributed by atoms with Gasteiger partial charge in [-0.2, -0.15) is 5.10 Å². The summed E-state index contributed by atoms with van der Waals surface area (Å²) >= 11 is 0. The summed E-state index contributed by atoms with van der Waals surface area (Å²) in [5, 5.41) is 7.46. The van der Waals surface area contributed by atoms with Crippen molar-refractivity contribution in [1.29, 1.82) is 0 Å². The van der Waals surface area contributed by atoms with Gasteiger partial charge in [0, 0.05) is 55.5 Å². The van der Waals surface area contributed by atoms with Crippen LogP contribution in [-0.4, -0.2) is 58.1 Å². The van der Waals surface area contributed by atoms with E-state index in [9.17, 15) is 0 Å². The van der Waals surface area contributed by atoms with Crippen LogP contribution >= 0.6 is 0 Å². The molecule has 0 aliphatic carbocycles. The fraction of sp³-hybridized carbons (Fsp3) is 0.417. The van der Waals surface area contributed by atoms with Gasteiger partial charge in [0.05, 0.1) is 37.5 Å². The van der Waals surface area contributed by atoms with Crippen LogP contribution in [0.5, 0.6) is 11.5 Å². The molecular formula is C24H28N6O2. The van der Waals surface area contributed by atoms with E-state index >= 15 is 0 Å². The number of H-pyrrole nitrogens is 1. The van der Waals surface area contributed by atoms with Crippen molar-refractivity contribution in [3.05, 3.63) is 53.2 Å². The van der Waals surface area contributed by atoms with Gasteiger partial charge in [-0.25, -0.2) is 9.97 Å². The Morgan fingerprint density at radius 1 is 1.06 bits per heavy atom. The molecule has 1 aromatic carbocycles. The van der Waals surface area contributed by atoms with E-state index in [0.29, 0.717) is 11.5 Å². The SMILES string of the molecule is COc1ccc(-c2[nH]ncc2CN2CCc3nc(C4=NCCCC4)ncc3C2)cc1OC. The molecular weight excluding hydrogens is 404 g/mol. The number of aromatic nitrogens is 4. The Balaban J connectivity index is 1.32. The van der Waals surface area contributed by atoms with Crippen molar-refractivity contribution in [2.45, 2.75) is 38.8 Å². The van der Waals surface area contributed by atoms with Gasteiger partial charge in [-0.3, -0.25) is 15.0 Å². The molecule has 0 bridgehead atoms. The Hall–Kier alpha value is -3.26. The lowest BCUT2D eigenvalue weighted by molar-refractivity contribution is 0.243. The number of hydrogen-bond acceptors (Lipinski definition) is 7. The highest BCUT2D eigenvalue weighted by atomic mass is 16.5. The smallest absolute Gasteiger partial charge is 0.173 e. The van der Waals surface area contributed by atoms with Crippen molar-refractivity contribution >= 4 is 5.71 Å². The lowest BCUT2D eigenvalue weighted by atomic mass is 10.0. The molecule has 0 saturated heterocycles. The van der Waals surface area contributed by atoms with E-state index < -0.39 is 0 Å². The largest absolute Gasteiger partial charge is 0.493 e. The fourth-order valence-electron chi connectivity index (χ4n) is 4.44. The topological polar surface area (TPSA) is 88.5 Å². The predicted octanol–water partition coefficient (Wildman–Crippen LogP) is 3.42. The third-order valence-corrected chi connectivity index (χ3v) is 6.18. The van der Waals surface area contributed by atoms with Gasteiger partial charge >= 0.3 is 0 Å². The molecule has 0 spiro atoms. The predicted molar refractivity (Wildman–Crippen MR) is 122 cm³/mol.